The molecule has 1 heterocycles. The van der Waals surface area contributed by atoms with E-state index in [0.717, 1.165) is 13.1 Å². The van der Waals surface area contributed by atoms with Gasteiger partial charge in [-0.1, -0.05) is 36.4 Å². The summed E-state index contributed by atoms with van der Waals surface area (Å²) >= 11 is 0. The van der Waals surface area contributed by atoms with E-state index < -0.39 is 6.10 Å². The molecule has 1 aromatic heterocycles. The van der Waals surface area contributed by atoms with Crippen LogP contribution in [-0.2, 0) is 24.9 Å². The molecular formula is C19H26N2O2. The number of aryl methyl sites for hydroxylation is 1. The maximum Gasteiger partial charge on any atom is 0.0900 e. The first-order chi connectivity index (χ1) is 11.2. The lowest BCUT2D eigenvalue weighted by molar-refractivity contribution is 0.0224. The molecule has 1 N–H and O–H groups in total. The third-order valence-corrected chi connectivity index (χ3v) is 3.70. The van der Waals surface area contributed by atoms with Crippen LogP contribution in [0.1, 0.15) is 11.3 Å². The molecule has 1 unspecified atom stereocenters. The van der Waals surface area contributed by atoms with Gasteiger partial charge in [-0.15, -0.1) is 6.58 Å². The van der Waals surface area contributed by atoms with Crippen LogP contribution in [0.4, 0.5) is 0 Å². The topological polar surface area (TPSA) is 37.6 Å². The van der Waals surface area contributed by atoms with Crippen LogP contribution in [0.2, 0.25) is 0 Å². The summed E-state index contributed by atoms with van der Waals surface area (Å²) in [5, 5.41) is 10.2. The van der Waals surface area contributed by atoms with Gasteiger partial charge in [-0.25, -0.2) is 0 Å². The molecule has 1 atom stereocenters. The molecule has 2 rings (SSSR count). The van der Waals surface area contributed by atoms with Gasteiger partial charge in [0.05, 0.1) is 19.3 Å². The third-order valence-electron chi connectivity index (χ3n) is 3.70. The van der Waals surface area contributed by atoms with Gasteiger partial charge >= 0.3 is 0 Å². The molecule has 0 fully saturated rings. The fraction of sp³-hybridized carbons (Fsp3) is 0.368. The van der Waals surface area contributed by atoms with E-state index in [0.29, 0.717) is 19.8 Å². The molecule has 0 bridgehead atoms. The molecule has 0 aliphatic carbocycles. The number of hydrogen-bond donors (Lipinski definition) is 1. The SMILES string of the molecule is C=CCOCC(O)CN(Cc1ccccc1)Cc1cccn1C. The van der Waals surface area contributed by atoms with Crippen LogP contribution >= 0.6 is 0 Å². The van der Waals surface area contributed by atoms with Gasteiger partial charge in [0.2, 0.25) is 0 Å². The van der Waals surface area contributed by atoms with Crippen molar-refractivity contribution in [2.75, 3.05) is 19.8 Å². The van der Waals surface area contributed by atoms with Crippen molar-refractivity contribution in [1.29, 1.82) is 0 Å². The molecule has 4 nitrogen and oxygen atoms in total. The van der Waals surface area contributed by atoms with Crippen LogP contribution in [0.15, 0.2) is 61.3 Å². The summed E-state index contributed by atoms with van der Waals surface area (Å²) in [6.07, 6.45) is 3.22. The molecule has 124 valence electrons. The lowest BCUT2D eigenvalue weighted by atomic mass is 10.2. The number of rotatable bonds is 10. The van der Waals surface area contributed by atoms with Crippen LogP contribution in [-0.4, -0.2) is 40.4 Å². The van der Waals surface area contributed by atoms with Gasteiger partial charge in [0.1, 0.15) is 0 Å². The van der Waals surface area contributed by atoms with Crippen molar-refractivity contribution >= 4 is 0 Å². The Hall–Kier alpha value is -1.88. The number of hydrogen-bond acceptors (Lipinski definition) is 3. The Morgan fingerprint density at radius 3 is 2.65 bits per heavy atom. The fourth-order valence-corrected chi connectivity index (χ4v) is 2.55. The molecule has 0 radical (unpaired) electrons. The van der Waals surface area contributed by atoms with Crippen LogP contribution in [0.5, 0.6) is 0 Å². The Balaban J connectivity index is 1.98. The van der Waals surface area contributed by atoms with Gasteiger partial charge in [-0.2, -0.15) is 0 Å². The third kappa shape index (κ3) is 6.02. The summed E-state index contributed by atoms with van der Waals surface area (Å²) in [5.74, 6) is 0. The molecular weight excluding hydrogens is 288 g/mol. The van der Waals surface area contributed by atoms with E-state index in [2.05, 4.69) is 34.2 Å². The highest BCUT2D eigenvalue weighted by atomic mass is 16.5. The average molecular weight is 314 g/mol. The predicted molar refractivity (Wildman–Crippen MR) is 93.0 cm³/mol. The highest BCUT2D eigenvalue weighted by Gasteiger charge is 2.14. The largest absolute Gasteiger partial charge is 0.389 e. The number of aliphatic hydroxyl groups is 1. The predicted octanol–water partition coefficient (Wildman–Crippen LogP) is 2.59. The maximum atomic E-state index is 10.2. The van der Waals surface area contributed by atoms with Gasteiger partial charge in [-0.3, -0.25) is 4.90 Å². The first kappa shape index (κ1) is 17.5. The van der Waals surface area contributed by atoms with Crippen LogP contribution in [0.3, 0.4) is 0 Å². The minimum atomic E-state index is -0.515. The molecule has 0 aliphatic heterocycles. The quantitative estimate of drug-likeness (QED) is 0.541. The molecule has 0 saturated carbocycles. The van der Waals surface area contributed by atoms with Crippen molar-refractivity contribution < 1.29 is 9.84 Å². The molecule has 2 aromatic rings. The van der Waals surface area contributed by atoms with Crippen molar-refractivity contribution in [3.63, 3.8) is 0 Å². The molecule has 0 amide bonds. The molecule has 4 heteroatoms. The fourth-order valence-electron chi connectivity index (χ4n) is 2.55. The zero-order chi connectivity index (χ0) is 16.5. The molecule has 0 saturated heterocycles. The minimum absolute atomic E-state index is 0.324. The summed E-state index contributed by atoms with van der Waals surface area (Å²) < 4.78 is 7.46. The number of nitrogens with zero attached hydrogens (tertiary/aromatic N) is 2. The van der Waals surface area contributed by atoms with Crippen LogP contribution < -0.4 is 0 Å². The summed E-state index contributed by atoms with van der Waals surface area (Å²) in [4.78, 5) is 2.24. The van der Waals surface area contributed by atoms with Gasteiger partial charge in [-0.05, 0) is 17.7 Å². The van der Waals surface area contributed by atoms with E-state index in [1.54, 1.807) is 6.08 Å². The Bertz CT molecular complexity index is 580. The Kier molecular flexibility index (Phi) is 7.07. The van der Waals surface area contributed by atoms with Crippen molar-refractivity contribution in [3.8, 4) is 0 Å². The lowest BCUT2D eigenvalue weighted by Crippen LogP contribution is -2.34. The second kappa shape index (κ2) is 9.30. The summed E-state index contributed by atoms with van der Waals surface area (Å²) in [7, 11) is 2.04. The Labute approximate surface area is 138 Å². The smallest absolute Gasteiger partial charge is 0.0900 e. The van der Waals surface area contributed by atoms with Crippen molar-refractivity contribution in [1.82, 2.24) is 9.47 Å². The Morgan fingerprint density at radius 1 is 1.22 bits per heavy atom. The zero-order valence-electron chi connectivity index (χ0n) is 13.8. The number of benzene rings is 1. The van der Waals surface area contributed by atoms with Gasteiger partial charge < -0.3 is 14.4 Å². The van der Waals surface area contributed by atoms with E-state index in [4.69, 9.17) is 4.74 Å². The lowest BCUT2D eigenvalue weighted by Gasteiger charge is -2.25. The molecule has 23 heavy (non-hydrogen) atoms. The number of ether oxygens (including phenoxy) is 1. The molecule has 1 aromatic carbocycles. The average Bonchev–Trinajstić information content (AvgIpc) is 2.93. The van der Waals surface area contributed by atoms with Gasteiger partial charge in [0, 0.05) is 38.6 Å². The zero-order valence-corrected chi connectivity index (χ0v) is 13.8. The van der Waals surface area contributed by atoms with Gasteiger partial charge in [0.15, 0.2) is 0 Å². The summed E-state index contributed by atoms with van der Waals surface area (Å²) in [5.41, 5.74) is 2.46. The number of aliphatic hydroxyl groups excluding tert-OH is 1. The van der Waals surface area contributed by atoms with E-state index in [9.17, 15) is 5.11 Å². The highest BCUT2D eigenvalue weighted by Crippen LogP contribution is 2.11. The van der Waals surface area contributed by atoms with Crippen LogP contribution in [0, 0.1) is 0 Å². The Morgan fingerprint density at radius 2 is 2.00 bits per heavy atom. The van der Waals surface area contributed by atoms with E-state index in [-0.39, 0.29) is 0 Å². The molecule has 0 aliphatic rings. The maximum absolute atomic E-state index is 10.2. The second-order valence-corrected chi connectivity index (χ2v) is 5.75. The summed E-state index contributed by atoms with van der Waals surface area (Å²) in [6.45, 7) is 6.56. The highest BCUT2D eigenvalue weighted by molar-refractivity contribution is 5.15. The number of aromatic nitrogens is 1. The van der Waals surface area contributed by atoms with Gasteiger partial charge in [0.25, 0.3) is 0 Å². The normalized spacial score (nSPS) is 12.5. The van der Waals surface area contributed by atoms with Crippen LogP contribution in [0.25, 0.3) is 0 Å². The molecule has 0 spiro atoms. The first-order valence-electron chi connectivity index (χ1n) is 7.92. The monoisotopic (exact) mass is 314 g/mol. The van der Waals surface area contributed by atoms with Crippen molar-refractivity contribution in [2.24, 2.45) is 7.05 Å². The van der Waals surface area contributed by atoms with Crippen molar-refractivity contribution in [3.05, 3.63) is 72.6 Å². The summed E-state index contributed by atoms with van der Waals surface area (Å²) in [6, 6.07) is 14.5. The standard InChI is InChI=1S/C19H26N2O2/c1-3-12-23-16-19(22)15-21(13-17-8-5-4-6-9-17)14-18-10-7-11-20(18)2/h3-11,19,22H,1,12-16H2,2H3. The second-order valence-electron chi connectivity index (χ2n) is 5.75. The first-order valence-corrected chi connectivity index (χ1v) is 7.92. The minimum Gasteiger partial charge on any atom is -0.389 e. The van der Waals surface area contributed by atoms with E-state index in [1.165, 1.54) is 11.3 Å². The van der Waals surface area contributed by atoms with E-state index in [1.807, 2.05) is 37.5 Å². The van der Waals surface area contributed by atoms with Crippen molar-refractivity contribution in [2.45, 2.75) is 19.2 Å². The van der Waals surface area contributed by atoms with E-state index >= 15 is 0 Å².